The Morgan fingerprint density at radius 1 is 1.21 bits per heavy atom. The quantitative estimate of drug-likeness (QED) is 0.804. The number of hydrogen-bond donors (Lipinski definition) is 2. The molecule has 2 amide bonds. The van der Waals surface area contributed by atoms with Gasteiger partial charge in [-0.05, 0) is 38.1 Å². The first-order chi connectivity index (χ1) is 11.4. The molecule has 1 aromatic carbocycles. The predicted molar refractivity (Wildman–Crippen MR) is 91.6 cm³/mol. The van der Waals surface area contributed by atoms with E-state index in [4.69, 9.17) is 16.0 Å². The molecule has 0 spiro atoms. The van der Waals surface area contributed by atoms with Gasteiger partial charge in [0.2, 0.25) is 11.8 Å². The van der Waals surface area contributed by atoms with Gasteiger partial charge >= 0.3 is 0 Å². The molecular formula is C17H20ClN3O3. The van der Waals surface area contributed by atoms with Crippen molar-refractivity contribution in [3.05, 3.63) is 41.4 Å². The second-order valence-corrected chi connectivity index (χ2v) is 6.06. The number of aryl methyl sites for hydroxylation is 1. The van der Waals surface area contributed by atoms with E-state index in [9.17, 15) is 9.59 Å². The number of amides is 2. The number of carbonyl (C=O) groups excluding carboxylic acids is 2. The van der Waals surface area contributed by atoms with Crippen LogP contribution in [0.4, 0.5) is 0 Å². The van der Waals surface area contributed by atoms with Gasteiger partial charge in [0.05, 0.1) is 12.7 Å². The third kappa shape index (κ3) is 5.70. The fourth-order valence-electron chi connectivity index (χ4n) is 2.03. The molecule has 128 valence electrons. The molecule has 1 heterocycles. The van der Waals surface area contributed by atoms with E-state index in [-0.39, 0.29) is 30.8 Å². The standard InChI is InChI=1S/C17H20ClN3O3/c1-11(2)21-16(23)10-19-15(22)7-8-17-20-9-14(24-17)12-3-5-13(18)6-4-12/h3-6,9,11H,7-8,10H2,1-2H3,(H,19,22)(H,21,23). The smallest absolute Gasteiger partial charge is 0.239 e. The van der Waals surface area contributed by atoms with Crippen LogP contribution in [0.2, 0.25) is 5.02 Å². The molecule has 2 N–H and O–H groups in total. The first-order valence-corrected chi connectivity index (χ1v) is 8.08. The molecule has 2 aromatic rings. The molecule has 0 aliphatic rings. The minimum absolute atomic E-state index is 0.0291. The molecule has 2 rings (SSSR count). The maximum absolute atomic E-state index is 11.7. The number of nitrogens with one attached hydrogen (secondary N) is 2. The Hall–Kier alpha value is -2.34. The fourth-order valence-corrected chi connectivity index (χ4v) is 2.16. The molecule has 0 aliphatic carbocycles. The highest BCUT2D eigenvalue weighted by molar-refractivity contribution is 6.30. The molecule has 6 nitrogen and oxygen atoms in total. The molecule has 0 fully saturated rings. The third-order valence-corrected chi connectivity index (χ3v) is 3.40. The summed E-state index contributed by atoms with van der Waals surface area (Å²) in [5.41, 5.74) is 0.868. The molecule has 0 aliphatic heterocycles. The van der Waals surface area contributed by atoms with Gasteiger partial charge in [-0.15, -0.1) is 0 Å². The molecule has 0 unspecified atom stereocenters. The zero-order valence-corrected chi connectivity index (χ0v) is 14.4. The number of rotatable bonds is 7. The van der Waals surface area contributed by atoms with Gasteiger partial charge in [0.15, 0.2) is 11.7 Å². The molecular weight excluding hydrogens is 330 g/mol. The second kappa shape index (κ2) is 8.49. The Labute approximate surface area is 145 Å². The van der Waals surface area contributed by atoms with Crippen LogP contribution < -0.4 is 10.6 Å². The zero-order valence-electron chi connectivity index (χ0n) is 13.6. The SMILES string of the molecule is CC(C)NC(=O)CNC(=O)CCc1ncc(-c2ccc(Cl)cc2)o1. The summed E-state index contributed by atoms with van der Waals surface area (Å²) in [7, 11) is 0. The zero-order chi connectivity index (χ0) is 17.5. The van der Waals surface area contributed by atoms with Crippen LogP contribution in [0, 0.1) is 0 Å². The van der Waals surface area contributed by atoms with Gasteiger partial charge in [-0.25, -0.2) is 4.98 Å². The lowest BCUT2D eigenvalue weighted by Gasteiger charge is -2.08. The topological polar surface area (TPSA) is 84.2 Å². The molecule has 0 saturated carbocycles. The van der Waals surface area contributed by atoms with Crippen LogP contribution in [-0.2, 0) is 16.0 Å². The molecule has 0 atom stereocenters. The van der Waals surface area contributed by atoms with Crippen molar-refractivity contribution in [2.45, 2.75) is 32.7 Å². The number of oxazole rings is 1. The van der Waals surface area contributed by atoms with Gasteiger partial charge in [0, 0.05) is 29.5 Å². The first-order valence-electron chi connectivity index (χ1n) is 7.70. The minimum atomic E-state index is -0.222. The van der Waals surface area contributed by atoms with Crippen molar-refractivity contribution in [2.75, 3.05) is 6.54 Å². The van der Waals surface area contributed by atoms with Crippen LogP contribution in [0.3, 0.4) is 0 Å². The minimum Gasteiger partial charge on any atom is -0.441 e. The van der Waals surface area contributed by atoms with E-state index in [2.05, 4.69) is 15.6 Å². The van der Waals surface area contributed by atoms with E-state index in [1.54, 1.807) is 18.3 Å². The summed E-state index contributed by atoms with van der Waals surface area (Å²) < 4.78 is 5.62. The lowest BCUT2D eigenvalue weighted by Crippen LogP contribution is -2.39. The van der Waals surface area contributed by atoms with Gasteiger partial charge in [-0.3, -0.25) is 9.59 Å². The summed E-state index contributed by atoms with van der Waals surface area (Å²) in [6.45, 7) is 3.69. The Kier molecular flexibility index (Phi) is 6.37. The Bertz CT molecular complexity index is 695. The highest BCUT2D eigenvalue weighted by Crippen LogP contribution is 2.22. The molecule has 0 radical (unpaired) electrons. The van der Waals surface area contributed by atoms with E-state index < -0.39 is 0 Å². The third-order valence-electron chi connectivity index (χ3n) is 3.14. The number of halogens is 1. The van der Waals surface area contributed by atoms with Crippen molar-refractivity contribution >= 4 is 23.4 Å². The maximum Gasteiger partial charge on any atom is 0.239 e. The van der Waals surface area contributed by atoms with Crippen molar-refractivity contribution in [1.82, 2.24) is 15.6 Å². The predicted octanol–water partition coefficient (Wildman–Crippen LogP) is 2.57. The lowest BCUT2D eigenvalue weighted by molar-refractivity contribution is -0.126. The molecule has 1 aromatic heterocycles. The van der Waals surface area contributed by atoms with Crippen molar-refractivity contribution in [2.24, 2.45) is 0 Å². The van der Waals surface area contributed by atoms with E-state index in [1.165, 1.54) is 0 Å². The summed E-state index contributed by atoms with van der Waals surface area (Å²) in [5.74, 6) is 0.666. The van der Waals surface area contributed by atoms with Crippen LogP contribution in [0.5, 0.6) is 0 Å². The summed E-state index contributed by atoms with van der Waals surface area (Å²) in [5, 5.41) is 5.92. The first kappa shape index (κ1) is 18.0. The molecule has 24 heavy (non-hydrogen) atoms. The molecule has 7 heteroatoms. The highest BCUT2D eigenvalue weighted by atomic mass is 35.5. The van der Waals surface area contributed by atoms with Crippen LogP contribution in [-0.4, -0.2) is 29.4 Å². The monoisotopic (exact) mass is 349 g/mol. The van der Waals surface area contributed by atoms with Crippen LogP contribution in [0.15, 0.2) is 34.9 Å². The van der Waals surface area contributed by atoms with Crippen LogP contribution >= 0.6 is 11.6 Å². The van der Waals surface area contributed by atoms with Crippen LogP contribution in [0.1, 0.15) is 26.2 Å². The maximum atomic E-state index is 11.7. The largest absolute Gasteiger partial charge is 0.441 e. The van der Waals surface area contributed by atoms with Crippen molar-refractivity contribution < 1.29 is 14.0 Å². The summed E-state index contributed by atoms with van der Waals surface area (Å²) >= 11 is 5.85. The Balaban J connectivity index is 1.79. The van der Waals surface area contributed by atoms with Gasteiger partial charge < -0.3 is 15.1 Å². The van der Waals surface area contributed by atoms with Gasteiger partial charge in [-0.1, -0.05) is 11.6 Å². The number of carbonyl (C=O) groups is 2. The Morgan fingerprint density at radius 2 is 1.92 bits per heavy atom. The van der Waals surface area contributed by atoms with E-state index >= 15 is 0 Å². The number of hydrogen-bond acceptors (Lipinski definition) is 4. The second-order valence-electron chi connectivity index (χ2n) is 5.62. The summed E-state index contributed by atoms with van der Waals surface area (Å²) in [6, 6.07) is 7.27. The van der Waals surface area contributed by atoms with Crippen molar-refractivity contribution in [3.63, 3.8) is 0 Å². The lowest BCUT2D eigenvalue weighted by atomic mass is 10.2. The molecule has 0 bridgehead atoms. The van der Waals surface area contributed by atoms with E-state index in [1.807, 2.05) is 26.0 Å². The highest BCUT2D eigenvalue weighted by Gasteiger charge is 2.10. The van der Waals surface area contributed by atoms with E-state index in [0.29, 0.717) is 23.1 Å². The average Bonchev–Trinajstić information content (AvgIpc) is 3.00. The number of benzene rings is 1. The fraction of sp³-hybridized carbons (Fsp3) is 0.353. The average molecular weight is 350 g/mol. The van der Waals surface area contributed by atoms with Gasteiger partial charge in [0.1, 0.15) is 0 Å². The van der Waals surface area contributed by atoms with Gasteiger partial charge in [-0.2, -0.15) is 0 Å². The summed E-state index contributed by atoms with van der Waals surface area (Å²) in [6.07, 6.45) is 2.19. The number of aromatic nitrogens is 1. The number of nitrogens with zero attached hydrogens (tertiary/aromatic N) is 1. The summed E-state index contributed by atoms with van der Waals surface area (Å²) in [4.78, 5) is 27.4. The normalized spacial score (nSPS) is 10.7. The van der Waals surface area contributed by atoms with Crippen molar-refractivity contribution in [1.29, 1.82) is 0 Å². The van der Waals surface area contributed by atoms with Gasteiger partial charge in [0.25, 0.3) is 0 Å². The Morgan fingerprint density at radius 3 is 2.58 bits per heavy atom. The van der Waals surface area contributed by atoms with E-state index in [0.717, 1.165) is 5.56 Å². The van der Waals surface area contributed by atoms with Crippen LogP contribution in [0.25, 0.3) is 11.3 Å². The van der Waals surface area contributed by atoms with Crippen molar-refractivity contribution in [3.8, 4) is 11.3 Å². The molecule has 0 saturated heterocycles.